The summed E-state index contributed by atoms with van der Waals surface area (Å²) in [6.07, 6.45) is 0. The number of aryl methyl sites for hydroxylation is 2. The van der Waals surface area contributed by atoms with Crippen LogP contribution in [0.1, 0.15) is 11.1 Å². The minimum Gasteiger partial charge on any atom is -0.310 e. The van der Waals surface area contributed by atoms with Crippen LogP contribution in [0.2, 0.25) is 0 Å². The molecule has 0 aliphatic carbocycles. The quantitative estimate of drug-likeness (QED) is 0.157. The summed E-state index contributed by atoms with van der Waals surface area (Å²) in [6, 6.07) is 75.7. The molecule has 2 aromatic heterocycles. The van der Waals surface area contributed by atoms with E-state index in [1.807, 2.05) is 11.3 Å². The molecule has 2 nitrogen and oxygen atoms in total. The molecule has 3 heteroatoms. The van der Waals surface area contributed by atoms with Gasteiger partial charge in [-0.3, -0.25) is 0 Å². The maximum atomic E-state index is 2.47. The summed E-state index contributed by atoms with van der Waals surface area (Å²) in [4.78, 5) is 2.47. The minimum atomic E-state index is 1.12. The van der Waals surface area contributed by atoms with Crippen LogP contribution in [0, 0.1) is 13.8 Å². The first-order valence-electron chi connectivity index (χ1n) is 20.3. The average Bonchev–Trinajstić information content (AvgIpc) is 3.84. The predicted octanol–water partition coefficient (Wildman–Crippen LogP) is 16.2. The van der Waals surface area contributed by atoms with E-state index in [-0.39, 0.29) is 0 Å². The van der Waals surface area contributed by atoms with Gasteiger partial charge in [0.25, 0.3) is 0 Å². The summed E-state index contributed by atoms with van der Waals surface area (Å²) >= 11 is 1.88. The summed E-state index contributed by atoms with van der Waals surface area (Å²) in [7, 11) is 0. The molecule has 0 atom stereocenters. The van der Waals surface area contributed by atoms with Gasteiger partial charge in [-0.15, -0.1) is 11.3 Å². The Bertz CT molecular complexity index is 3280. The normalized spacial score (nSPS) is 11.6. The van der Waals surface area contributed by atoms with E-state index in [1.54, 1.807) is 0 Å². The van der Waals surface area contributed by atoms with Crippen molar-refractivity contribution in [3.63, 3.8) is 0 Å². The topological polar surface area (TPSA) is 8.17 Å². The first kappa shape index (κ1) is 35.0. The van der Waals surface area contributed by atoms with E-state index in [2.05, 4.69) is 230 Å². The van der Waals surface area contributed by atoms with Crippen LogP contribution in [0.5, 0.6) is 0 Å². The van der Waals surface area contributed by atoms with Crippen LogP contribution >= 0.6 is 11.3 Å². The molecule has 0 aliphatic heterocycles. The molecule has 0 bridgehead atoms. The van der Waals surface area contributed by atoms with Gasteiger partial charge in [0, 0.05) is 59.3 Å². The molecule has 0 saturated heterocycles. The highest BCUT2D eigenvalue weighted by molar-refractivity contribution is 7.26. The Morgan fingerprint density at radius 1 is 0.407 bits per heavy atom. The van der Waals surface area contributed by atoms with Gasteiger partial charge in [-0.1, -0.05) is 145 Å². The van der Waals surface area contributed by atoms with Crippen LogP contribution in [0.3, 0.4) is 0 Å². The van der Waals surface area contributed by atoms with Gasteiger partial charge in [0.05, 0.1) is 11.0 Å². The van der Waals surface area contributed by atoms with E-state index < -0.39 is 0 Å². The van der Waals surface area contributed by atoms with Gasteiger partial charge in [0.2, 0.25) is 0 Å². The Morgan fingerprint density at radius 2 is 0.983 bits per heavy atom. The molecule has 59 heavy (non-hydrogen) atoms. The first-order valence-corrected chi connectivity index (χ1v) is 21.1. The molecule has 11 aromatic rings. The van der Waals surface area contributed by atoms with Crippen molar-refractivity contribution in [3.8, 4) is 39.1 Å². The smallest absolute Gasteiger partial charge is 0.0541 e. The van der Waals surface area contributed by atoms with Crippen molar-refractivity contribution in [3.05, 3.63) is 217 Å². The largest absolute Gasteiger partial charge is 0.310 e. The monoisotopic (exact) mass is 772 g/mol. The highest BCUT2D eigenvalue weighted by Crippen LogP contribution is 2.48. The zero-order valence-corrected chi connectivity index (χ0v) is 33.7. The Kier molecular flexibility index (Phi) is 8.49. The fraction of sp³-hybridized carbons (Fsp3) is 0.0357. The summed E-state index contributed by atoms with van der Waals surface area (Å²) in [5.74, 6) is 0. The van der Waals surface area contributed by atoms with Gasteiger partial charge < -0.3 is 9.47 Å². The predicted molar refractivity (Wildman–Crippen MR) is 254 cm³/mol. The lowest BCUT2D eigenvalue weighted by Gasteiger charge is -2.29. The second kappa shape index (κ2) is 14.3. The second-order valence-corrected chi connectivity index (χ2v) is 16.5. The lowest BCUT2D eigenvalue weighted by atomic mass is 9.91. The third-order valence-electron chi connectivity index (χ3n) is 11.8. The van der Waals surface area contributed by atoms with Crippen molar-refractivity contribution in [1.29, 1.82) is 0 Å². The van der Waals surface area contributed by atoms with Gasteiger partial charge in [0.15, 0.2) is 0 Å². The SMILES string of the molecule is Cc1ccc(N(c2cc(-c3cccc(-n4c5ccccc5c5ccccc54)c3)c3sc4ccccc4c3c2)c2cc(-c3ccccc3)c(-c3ccccc3)cc2C)cc1. The van der Waals surface area contributed by atoms with Crippen molar-refractivity contribution in [2.45, 2.75) is 13.8 Å². The van der Waals surface area contributed by atoms with Crippen LogP contribution < -0.4 is 4.90 Å². The van der Waals surface area contributed by atoms with E-state index in [1.165, 1.54) is 86.5 Å². The Balaban J connectivity index is 1.18. The van der Waals surface area contributed by atoms with E-state index >= 15 is 0 Å². The lowest BCUT2D eigenvalue weighted by Crippen LogP contribution is -2.12. The molecular weight excluding hydrogens is 733 g/mol. The van der Waals surface area contributed by atoms with E-state index in [4.69, 9.17) is 0 Å². The molecule has 11 rings (SSSR count). The lowest BCUT2D eigenvalue weighted by molar-refractivity contribution is 1.18. The van der Waals surface area contributed by atoms with Crippen molar-refractivity contribution in [2.24, 2.45) is 0 Å². The van der Waals surface area contributed by atoms with Gasteiger partial charge in [0.1, 0.15) is 0 Å². The first-order chi connectivity index (χ1) is 29.1. The average molecular weight is 773 g/mol. The van der Waals surface area contributed by atoms with E-state index in [0.29, 0.717) is 0 Å². The summed E-state index contributed by atoms with van der Waals surface area (Å²) in [6.45, 7) is 4.42. The summed E-state index contributed by atoms with van der Waals surface area (Å²) < 4.78 is 5.00. The Hall–Kier alpha value is -7.20. The number of hydrogen-bond acceptors (Lipinski definition) is 2. The van der Waals surface area contributed by atoms with Crippen molar-refractivity contribution in [1.82, 2.24) is 4.57 Å². The zero-order chi connectivity index (χ0) is 39.5. The maximum absolute atomic E-state index is 2.47. The van der Waals surface area contributed by atoms with Gasteiger partial charge in [-0.25, -0.2) is 0 Å². The molecule has 0 amide bonds. The second-order valence-electron chi connectivity index (χ2n) is 15.5. The number of rotatable bonds is 7. The molecule has 0 fully saturated rings. The van der Waals surface area contributed by atoms with E-state index in [9.17, 15) is 0 Å². The van der Waals surface area contributed by atoms with Gasteiger partial charge >= 0.3 is 0 Å². The highest BCUT2D eigenvalue weighted by Gasteiger charge is 2.22. The fourth-order valence-electron chi connectivity index (χ4n) is 8.94. The molecule has 0 unspecified atom stereocenters. The van der Waals surface area contributed by atoms with Crippen LogP contribution in [0.4, 0.5) is 17.1 Å². The van der Waals surface area contributed by atoms with Crippen LogP contribution in [-0.4, -0.2) is 4.57 Å². The number of fused-ring (bicyclic) bond motifs is 6. The molecule has 0 N–H and O–H groups in total. The third-order valence-corrected chi connectivity index (χ3v) is 13.0. The summed E-state index contributed by atoms with van der Waals surface area (Å²) in [5, 5.41) is 5.07. The van der Waals surface area contributed by atoms with Gasteiger partial charge in [-0.05, 0) is 114 Å². The molecule has 0 saturated carbocycles. The number of anilines is 3. The number of thiophene rings is 1. The maximum Gasteiger partial charge on any atom is 0.0541 e. The molecular formula is C56H40N2S. The van der Waals surface area contributed by atoms with Gasteiger partial charge in [-0.2, -0.15) is 0 Å². The third kappa shape index (κ3) is 6.02. The van der Waals surface area contributed by atoms with Crippen LogP contribution in [0.15, 0.2) is 206 Å². The molecule has 0 radical (unpaired) electrons. The van der Waals surface area contributed by atoms with E-state index in [0.717, 1.165) is 22.7 Å². The molecule has 280 valence electrons. The summed E-state index contributed by atoms with van der Waals surface area (Å²) in [5.41, 5.74) is 16.6. The Labute approximate surface area is 348 Å². The highest BCUT2D eigenvalue weighted by atomic mass is 32.1. The van der Waals surface area contributed by atoms with Crippen LogP contribution in [0.25, 0.3) is 81.0 Å². The number of aromatic nitrogens is 1. The van der Waals surface area contributed by atoms with Crippen molar-refractivity contribution < 1.29 is 0 Å². The number of benzene rings is 9. The molecule has 2 heterocycles. The number of nitrogens with zero attached hydrogens (tertiary/aromatic N) is 2. The molecule has 0 spiro atoms. The van der Waals surface area contributed by atoms with Crippen molar-refractivity contribution >= 4 is 70.4 Å². The minimum absolute atomic E-state index is 1.12. The fourth-order valence-corrected chi connectivity index (χ4v) is 10.2. The standard InChI is InChI=1S/C56H40N2S/c1-37-28-30-42(31-29-37)57(54-36-49(40-18-7-4-8-19-40)48(32-38(54)2)39-16-5-3-6-17-39)44-34-50(56-51(35-44)47-24-11-14-27-55(47)59-56)41-20-15-21-43(33-41)58-52-25-12-9-22-45(52)46-23-10-13-26-53(46)58/h3-36H,1-2H3. The molecule has 9 aromatic carbocycles. The molecule has 0 aliphatic rings. The number of hydrogen-bond donors (Lipinski definition) is 0. The number of para-hydroxylation sites is 2. The van der Waals surface area contributed by atoms with Crippen molar-refractivity contribution in [2.75, 3.05) is 4.90 Å². The zero-order valence-electron chi connectivity index (χ0n) is 32.9. The van der Waals surface area contributed by atoms with Crippen LogP contribution in [-0.2, 0) is 0 Å². The Morgan fingerprint density at radius 3 is 1.66 bits per heavy atom.